The molecule has 1 unspecified atom stereocenters. The number of benzene rings is 2. The van der Waals surface area contributed by atoms with Crippen LogP contribution in [0.3, 0.4) is 0 Å². The van der Waals surface area contributed by atoms with Gasteiger partial charge in [-0.05, 0) is 55.3 Å². The SMILES string of the molecule is CC1CCn2c(cc(OCc3ccc(Oc4ccc(C(F)(F)F)cc4)c(C#N)c3)nc2=O)N1. The first-order valence-corrected chi connectivity index (χ1v) is 10.1. The quantitative estimate of drug-likeness (QED) is 0.598. The lowest BCUT2D eigenvalue weighted by atomic mass is 10.1. The van der Waals surface area contributed by atoms with E-state index < -0.39 is 17.4 Å². The van der Waals surface area contributed by atoms with E-state index in [1.54, 1.807) is 22.8 Å². The number of alkyl halides is 3. The van der Waals surface area contributed by atoms with Crippen LogP contribution in [0.1, 0.15) is 30.0 Å². The van der Waals surface area contributed by atoms with E-state index in [-0.39, 0.29) is 35.6 Å². The number of halogens is 3. The van der Waals surface area contributed by atoms with E-state index in [4.69, 9.17) is 9.47 Å². The van der Waals surface area contributed by atoms with Gasteiger partial charge in [-0.25, -0.2) is 4.79 Å². The molecule has 10 heteroatoms. The third-order valence-electron chi connectivity index (χ3n) is 5.13. The van der Waals surface area contributed by atoms with Gasteiger partial charge in [0.05, 0.1) is 11.1 Å². The molecule has 3 aromatic rings. The van der Waals surface area contributed by atoms with Gasteiger partial charge < -0.3 is 14.8 Å². The van der Waals surface area contributed by atoms with Crippen LogP contribution < -0.4 is 20.5 Å². The average Bonchev–Trinajstić information content (AvgIpc) is 2.78. The van der Waals surface area contributed by atoms with Crippen molar-refractivity contribution in [2.24, 2.45) is 0 Å². The molecule has 1 aromatic heterocycles. The van der Waals surface area contributed by atoms with Crippen molar-refractivity contribution in [1.82, 2.24) is 9.55 Å². The maximum Gasteiger partial charge on any atom is 0.416 e. The first kappa shape index (κ1) is 22.2. The van der Waals surface area contributed by atoms with Crippen molar-refractivity contribution in [3.05, 3.63) is 75.7 Å². The van der Waals surface area contributed by atoms with Gasteiger partial charge in [-0.3, -0.25) is 4.57 Å². The predicted molar refractivity (Wildman–Crippen MR) is 113 cm³/mol. The average molecular weight is 456 g/mol. The van der Waals surface area contributed by atoms with Gasteiger partial charge >= 0.3 is 11.9 Å². The first-order valence-electron chi connectivity index (χ1n) is 10.1. The summed E-state index contributed by atoms with van der Waals surface area (Å²) in [7, 11) is 0. The molecule has 1 atom stereocenters. The Bertz CT molecular complexity index is 1260. The van der Waals surface area contributed by atoms with Gasteiger partial charge in [-0.2, -0.15) is 23.4 Å². The summed E-state index contributed by atoms with van der Waals surface area (Å²) in [6.07, 6.45) is -3.61. The molecule has 0 saturated heterocycles. The van der Waals surface area contributed by atoms with E-state index in [0.29, 0.717) is 17.9 Å². The Morgan fingerprint density at radius 2 is 1.97 bits per heavy atom. The predicted octanol–water partition coefficient (Wildman–Crippen LogP) is 4.71. The molecule has 1 aliphatic rings. The number of rotatable bonds is 5. The summed E-state index contributed by atoms with van der Waals surface area (Å²) in [6.45, 7) is 2.66. The van der Waals surface area contributed by atoms with Crippen LogP contribution in [0, 0.1) is 11.3 Å². The van der Waals surface area contributed by atoms with E-state index >= 15 is 0 Å². The number of nitrogens with zero attached hydrogens (tertiary/aromatic N) is 3. The van der Waals surface area contributed by atoms with Gasteiger partial charge in [0.15, 0.2) is 0 Å². The van der Waals surface area contributed by atoms with E-state index in [9.17, 15) is 23.2 Å². The topological polar surface area (TPSA) is 89.2 Å². The Kier molecular flexibility index (Phi) is 5.96. The van der Waals surface area contributed by atoms with Crippen molar-refractivity contribution in [2.75, 3.05) is 5.32 Å². The fourth-order valence-electron chi connectivity index (χ4n) is 3.38. The number of fused-ring (bicyclic) bond motifs is 1. The normalized spacial score (nSPS) is 15.2. The van der Waals surface area contributed by atoms with Crippen molar-refractivity contribution in [1.29, 1.82) is 5.26 Å². The highest BCUT2D eigenvalue weighted by molar-refractivity contribution is 5.48. The molecule has 0 spiro atoms. The number of anilines is 1. The van der Waals surface area contributed by atoms with Crippen molar-refractivity contribution in [2.45, 2.75) is 38.7 Å². The Morgan fingerprint density at radius 1 is 1.21 bits per heavy atom. The number of nitriles is 1. The lowest BCUT2D eigenvalue weighted by Gasteiger charge is -2.25. The number of hydrogen-bond acceptors (Lipinski definition) is 6. The van der Waals surface area contributed by atoms with Crippen LogP contribution in [0.15, 0.2) is 53.3 Å². The van der Waals surface area contributed by atoms with E-state index in [1.165, 1.54) is 18.2 Å². The fourth-order valence-corrected chi connectivity index (χ4v) is 3.38. The largest absolute Gasteiger partial charge is 0.473 e. The molecule has 2 heterocycles. The summed E-state index contributed by atoms with van der Waals surface area (Å²) >= 11 is 0. The lowest BCUT2D eigenvalue weighted by molar-refractivity contribution is -0.137. The highest BCUT2D eigenvalue weighted by atomic mass is 19.4. The molecule has 1 aliphatic heterocycles. The minimum Gasteiger partial charge on any atom is -0.473 e. The molecule has 7 nitrogen and oxygen atoms in total. The maximum atomic E-state index is 12.7. The zero-order valence-corrected chi connectivity index (χ0v) is 17.5. The van der Waals surface area contributed by atoms with Gasteiger partial charge in [0.2, 0.25) is 5.88 Å². The van der Waals surface area contributed by atoms with Gasteiger partial charge in [-0.1, -0.05) is 6.07 Å². The molecule has 33 heavy (non-hydrogen) atoms. The van der Waals surface area contributed by atoms with E-state index in [0.717, 1.165) is 18.6 Å². The van der Waals surface area contributed by atoms with E-state index in [1.807, 2.05) is 13.0 Å². The van der Waals surface area contributed by atoms with Gasteiger partial charge in [0.25, 0.3) is 0 Å². The molecule has 0 amide bonds. The van der Waals surface area contributed by atoms with Gasteiger partial charge in [-0.15, -0.1) is 0 Å². The molecule has 2 aromatic carbocycles. The van der Waals surface area contributed by atoms with Gasteiger partial charge in [0, 0.05) is 18.7 Å². The third-order valence-corrected chi connectivity index (χ3v) is 5.13. The summed E-state index contributed by atoms with van der Waals surface area (Å²) in [5, 5.41) is 12.7. The second-order valence-electron chi connectivity index (χ2n) is 7.60. The highest BCUT2D eigenvalue weighted by Gasteiger charge is 2.30. The molecular formula is C23H19F3N4O3. The molecule has 0 radical (unpaired) electrons. The Morgan fingerprint density at radius 3 is 2.67 bits per heavy atom. The third kappa shape index (κ3) is 5.09. The summed E-state index contributed by atoms with van der Waals surface area (Å²) in [6, 6.07) is 12.8. The number of nitrogens with one attached hydrogen (secondary N) is 1. The minimum atomic E-state index is -4.44. The number of ether oxygens (including phenoxy) is 2. The summed E-state index contributed by atoms with van der Waals surface area (Å²) in [4.78, 5) is 16.1. The van der Waals surface area contributed by atoms with Crippen LogP contribution in [-0.4, -0.2) is 15.6 Å². The zero-order chi connectivity index (χ0) is 23.6. The molecule has 0 bridgehead atoms. The summed E-state index contributed by atoms with van der Waals surface area (Å²) in [5.41, 5.74) is -0.375. The van der Waals surface area contributed by atoms with Crippen LogP contribution >= 0.6 is 0 Å². The minimum absolute atomic E-state index is 0.0562. The van der Waals surface area contributed by atoms with E-state index in [2.05, 4.69) is 10.3 Å². The maximum absolute atomic E-state index is 12.7. The van der Waals surface area contributed by atoms with Crippen molar-refractivity contribution in [3.63, 3.8) is 0 Å². The molecule has 170 valence electrons. The van der Waals surface area contributed by atoms with Gasteiger partial charge in [0.1, 0.15) is 30.0 Å². The monoisotopic (exact) mass is 456 g/mol. The fraction of sp³-hybridized carbons (Fsp3) is 0.261. The number of hydrogen-bond donors (Lipinski definition) is 1. The lowest BCUT2D eigenvalue weighted by Crippen LogP contribution is -2.34. The molecule has 4 rings (SSSR count). The Labute approximate surface area is 187 Å². The molecule has 1 N–H and O–H groups in total. The first-order chi connectivity index (χ1) is 15.7. The summed E-state index contributed by atoms with van der Waals surface area (Å²) < 4.78 is 50.9. The second-order valence-corrected chi connectivity index (χ2v) is 7.60. The smallest absolute Gasteiger partial charge is 0.416 e. The highest BCUT2D eigenvalue weighted by Crippen LogP contribution is 2.32. The van der Waals surface area contributed by atoms with Crippen LogP contribution in [0.2, 0.25) is 0 Å². The van der Waals surface area contributed by atoms with Crippen molar-refractivity contribution >= 4 is 5.82 Å². The Balaban J connectivity index is 1.46. The van der Waals surface area contributed by atoms with Crippen molar-refractivity contribution < 1.29 is 22.6 Å². The Hall–Kier alpha value is -4.00. The van der Waals surface area contributed by atoms with Crippen molar-refractivity contribution in [3.8, 4) is 23.4 Å². The van der Waals surface area contributed by atoms with Crippen LogP contribution in [0.5, 0.6) is 17.4 Å². The standard InChI is InChI=1S/C23H19F3N4O3/c1-14-8-9-30-20(28-14)11-21(29-22(30)31)32-13-15-2-7-19(16(10-15)12-27)33-18-5-3-17(4-6-18)23(24,25)26/h2-7,10-11,14,28H,8-9,13H2,1H3. The molecule has 0 saturated carbocycles. The van der Waals surface area contributed by atoms with Crippen LogP contribution in [-0.2, 0) is 19.3 Å². The van der Waals surface area contributed by atoms with Crippen LogP contribution in [0.25, 0.3) is 0 Å². The number of aromatic nitrogens is 2. The van der Waals surface area contributed by atoms with Crippen LogP contribution in [0.4, 0.5) is 19.0 Å². The molecule has 0 fully saturated rings. The molecular weight excluding hydrogens is 437 g/mol. The molecule has 0 aliphatic carbocycles. The summed E-state index contributed by atoms with van der Waals surface area (Å²) in [5.74, 6) is 1.17. The second kappa shape index (κ2) is 8.86. The zero-order valence-electron chi connectivity index (χ0n) is 17.5.